The average molecular weight is 297 g/mol. The Morgan fingerprint density at radius 1 is 0.952 bits per heavy atom. The van der Waals surface area contributed by atoms with E-state index in [1.165, 1.54) is 6.07 Å². The summed E-state index contributed by atoms with van der Waals surface area (Å²) >= 11 is 0. The third-order valence-electron chi connectivity index (χ3n) is 3.05. The van der Waals surface area contributed by atoms with Crippen molar-refractivity contribution in [2.75, 3.05) is 5.32 Å². The van der Waals surface area contributed by atoms with E-state index in [-0.39, 0.29) is 6.54 Å². The van der Waals surface area contributed by atoms with Gasteiger partial charge in [0.15, 0.2) is 0 Å². The number of rotatable bonds is 3. The lowest BCUT2D eigenvalue weighted by Crippen LogP contribution is -2.10. The normalized spacial score (nSPS) is 11.5. The highest BCUT2D eigenvalue weighted by atomic mass is 19.4. The molecule has 1 N–H and O–H groups in total. The van der Waals surface area contributed by atoms with Gasteiger partial charge in [-0.3, -0.25) is 0 Å². The van der Waals surface area contributed by atoms with E-state index in [0.717, 1.165) is 28.9 Å². The van der Waals surface area contributed by atoms with Crippen molar-refractivity contribution in [2.24, 2.45) is 0 Å². The molecule has 0 aliphatic heterocycles. The predicted molar refractivity (Wildman–Crippen MR) is 74.6 cm³/mol. The van der Waals surface area contributed by atoms with Gasteiger partial charge in [-0.25, -0.2) is 4.39 Å². The van der Waals surface area contributed by atoms with E-state index in [0.29, 0.717) is 5.56 Å². The minimum atomic E-state index is -4.68. The molecule has 0 aromatic heterocycles. The SMILES string of the molecule is Cc1cc(C)cc(NCc2ccc(F)c(C(F)(F)F)c2)c1. The van der Waals surface area contributed by atoms with Crippen LogP contribution >= 0.6 is 0 Å². The molecular weight excluding hydrogens is 282 g/mol. The second kappa shape index (κ2) is 5.76. The number of anilines is 1. The molecule has 21 heavy (non-hydrogen) atoms. The molecule has 0 unspecified atom stereocenters. The molecule has 0 fully saturated rings. The molecule has 0 spiro atoms. The van der Waals surface area contributed by atoms with E-state index in [1.54, 1.807) is 0 Å². The van der Waals surface area contributed by atoms with Gasteiger partial charge in [0.25, 0.3) is 0 Å². The van der Waals surface area contributed by atoms with Gasteiger partial charge in [0.05, 0.1) is 5.56 Å². The van der Waals surface area contributed by atoms with Crippen molar-refractivity contribution in [1.29, 1.82) is 0 Å². The second-order valence-corrected chi connectivity index (χ2v) is 5.04. The monoisotopic (exact) mass is 297 g/mol. The summed E-state index contributed by atoms with van der Waals surface area (Å²) in [6.07, 6.45) is -4.68. The first-order chi connectivity index (χ1) is 9.75. The number of nitrogens with one attached hydrogen (secondary N) is 1. The molecule has 0 heterocycles. The highest BCUT2D eigenvalue weighted by molar-refractivity contribution is 5.48. The zero-order valence-corrected chi connectivity index (χ0v) is 11.7. The Morgan fingerprint density at radius 3 is 2.14 bits per heavy atom. The summed E-state index contributed by atoms with van der Waals surface area (Å²) in [5.41, 5.74) is 2.09. The van der Waals surface area contributed by atoms with Gasteiger partial charge in [0, 0.05) is 12.2 Å². The minimum Gasteiger partial charge on any atom is -0.381 e. The van der Waals surface area contributed by atoms with Crippen molar-refractivity contribution in [1.82, 2.24) is 0 Å². The van der Waals surface area contributed by atoms with Gasteiger partial charge in [-0.2, -0.15) is 13.2 Å². The molecule has 0 aliphatic rings. The summed E-state index contributed by atoms with van der Waals surface area (Å²) in [6.45, 7) is 4.09. The largest absolute Gasteiger partial charge is 0.419 e. The first-order valence-electron chi connectivity index (χ1n) is 6.43. The van der Waals surface area contributed by atoms with Crippen LogP contribution in [0.4, 0.5) is 23.2 Å². The molecule has 2 aromatic rings. The summed E-state index contributed by atoms with van der Waals surface area (Å²) in [5, 5.41) is 3.05. The summed E-state index contributed by atoms with van der Waals surface area (Å²) < 4.78 is 51.1. The van der Waals surface area contributed by atoms with Crippen LogP contribution in [0.3, 0.4) is 0 Å². The van der Waals surface area contributed by atoms with Crippen molar-refractivity contribution in [3.63, 3.8) is 0 Å². The lowest BCUT2D eigenvalue weighted by atomic mass is 10.1. The van der Waals surface area contributed by atoms with Crippen molar-refractivity contribution < 1.29 is 17.6 Å². The second-order valence-electron chi connectivity index (χ2n) is 5.04. The Labute approximate surface area is 120 Å². The first-order valence-corrected chi connectivity index (χ1v) is 6.43. The van der Waals surface area contributed by atoms with Crippen LogP contribution in [0.1, 0.15) is 22.3 Å². The maximum atomic E-state index is 13.2. The predicted octanol–water partition coefficient (Wildman–Crippen LogP) is 5.07. The quantitative estimate of drug-likeness (QED) is 0.780. The number of aryl methyl sites for hydroxylation is 2. The molecular formula is C16H15F4N. The molecule has 0 atom stereocenters. The van der Waals surface area contributed by atoms with Crippen molar-refractivity contribution in [2.45, 2.75) is 26.6 Å². The third-order valence-corrected chi connectivity index (χ3v) is 3.05. The number of benzene rings is 2. The van der Waals surface area contributed by atoms with Crippen LogP contribution in [-0.4, -0.2) is 0 Å². The van der Waals surface area contributed by atoms with Crippen molar-refractivity contribution >= 4 is 5.69 Å². The third kappa shape index (κ3) is 3.97. The lowest BCUT2D eigenvalue weighted by Gasteiger charge is -2.12. The van der Waals surface area contributed by atoms with E-state index in [2.05, 4.69) is 5.32 Å². The van der Waals surface area contributed by atoms with Crippen molar-refractivity contribution in [3.05, 3.63) is 64.5 Å². The molecule has 0 aliphatic carbocycles. The number of halogens is 4. The molecule has 112 valence electrons. The van der Waals surface area contributed by atoms with Crippen LogP contribution in [0.5, 0.6) is 0 Å². The number of hydrogen-bond acceptors (Lipinski definition) is 1. The molecule has 0 saturated carbocycles. The fraction of sp³-hybridized carbons (Fsp3) is 0.250. The van der Waals surface area contributed by atoms with Gasteiger partial charge in [-0.05, 0) is 54.8 Å². The zero-order chi connectivity index (χ0) is 15.6. The Balaban J connectivity index is 2.17. The minimum absolute atomic E-state index is 0.201. The van der Waals surface area contributed by atoms with Gasteiger partial charge in [0.2, 0.25) is 0 Å². The van der Waals surface area contributed by atoms with E-state index in [4.69, 9.17) is 0 Å². The first kappa shape index (κ1) is 15.4. The van der Waals surface area contributed by atoms with Gasteiger partial charge in [-0.15, -0.1) is 0 Å². The molecule has 0 radical (unpaired) electrons. The summed E-state index contributed by atoms with van der Waals surface area (Å²) in [7, 11) is 0. The molecule has 5 heteroatoms. The number of hydrogen-bond donors (Lipinski definition) is 1. The molecule has 0 saturated heterocycles. The number of alkyl halides is 3. The van der Waals surface area contributed by atoms with Gasteiger partial charge >= 0.3 is 6.18 Å². The van der Waals surface area contributed by atoms with Crippen LogP contribution < -0.4 is 5.32 Å². The Bertz CT molecular complexity index is 627. The smallest absolute Gasteiger partial charge is 0.381 e. The van der Waals surface area contributed by atoms with Crippen LogP contribution in [0.15, 0.2) is 36.4 Å². The van der Waals surface area contributed by atoms with Crippen LogP contribution in [0.25, 0.3) is 0 Å². The Kier molecular flexibility index (Phi) is 4.21. The molecule has 1 nitrogen and oxygen atoms in total. The van der Waals surface area contributed by atoms with E-state index < -0.39 is 17.6 Å². The summed E-state index contributed by atoms with van der Waals surface area (Å²) in [6, 6.07) is 8.85. The standard InChI is InChI=1S/C16H15F4N/c1-10-5-11(2)7-13(6-10)21-9-12-3-4-15(17)14(8-12)16(18,19)20/h3-8,21H,9H2,1-2H3. The van der Waals surface area contributed by atoms with Gasteiger partial charge < -0.3 is 5.32 Å². The highest BCUT2D eigenvalue weighted by Crippen LogP contribution is 2.32. The van der Waals surface area contributed by atoms with E-state index >= 15 is 0 Å². The molecule has 0 bridgehead atoms. The van der Waals surface area contributed by atoms with Crippen molar-refractivity contribution in [3.8, 4) is 0 Å². The molecule has 2 aromatic carbocycles. The Hall–Kier alpha value is -2.04. The summed E-state index contributed by atoms with van der Waals surface area (Å²) in [5.74, 6) is -1.25. The topological polar surface area (TPSA) is 12.0 Å². The lowest BCUT2D eigenvalue weighted by molar-refractivity contribution is -0.140. The summed E-state index contributed by atoms with van der Waals surface area (Å²) in [4.78, 5) is 0. The average Bonchev–Trinajstić information content (AvgIpc) is 2.35. The van der Waals surface area contributed by atoms with E-state index in [1.807, 2.05) is 32.0 Å². The fourth-order valence-corrected chi connectivity index (χ4v) is 2.18. The van der Waals surface area contributed by atoms with Crippen LogP contribution in [0, 0.1) is 19.7 Å². The maximum Gasteiger partial charge on any atom is 0.419 e. The van der Waals surface area contributed by atoms with Crippen LogP contribution in [-0.2, 0) is 12.7 Å². The zero-order valence-electron chi connectivity index (χ0n) is 11.7. The molecule has 2 rings (SSSR count). The van der Waals surface area contributed by atoms with Gasteiger partial charge in [-0.1, -0.05) is 12.1 Å². The highest BCUT2D eigenvalue weighted by Gasteiger charge is 2.34. The molecule has 0 amide bonds. The fourth-order valence-electron chi connectivity index (χ4n) is 2.18. The Morgan fingerprint density at radius 2 is 1.57 bits per heavy atom. The van der Waals surface area contributed by atoms with Gasteiger partial charge in [0.1, 0.15) is 5.82 Å². The van der Waals surface area contributed by atoms with E-state index in [9.17, 15) is 17.6 Å². The van der Waals surface area contributed by atoms with Crippen LogP contribution in [0.2, 0.25) is 0 Å². The maximum absolute atomic E-state index is 13.2.